The van der Waals surface area contributed by atoms with Crippen molar-refractivity contribution in [1.29, 1.82) is 0 Å². The molecule has 0 fully saturated rings. The normalized spacial score (nSPS) is 10.7. The minimum absolute atomic E-state index is 0.439. The molecule has 3 nitrogen and oxygen atoms in total. The lowest BCUT2D eigenvalue weighted by atomic mass is 10.2. The van der Waals surface area contributed by atoms with Gasteiger partial charge in [-0.1, -0.05) is 13.8 Å². The number of rotatable bonds is 1. The largest absolute Gasteiger partial charge is 0.311 e. The fourth-order valence-electron chi connectivity index (χ4n) is 0.762. The molecular weight excluding hydrogens is 114 g/mol. The number of nitrogens with zero attached hydrogens (tertiary/aromatic N) is 3. The van der Waals surface area contributed by atoms with E-state index in [4.69, 9.17) is 0 Å². The third kappa shape index (κ3) is 1.09. The Balaban J connectivity index is 2.94. The zero-order chi connectivity index (χ0) is 6.85. The quantitative estimate of drug-likeness (QED) is 0.552. The predicted octanol–water partition coefficient (Wildman–Crippen LogP) is 0.739. The first-order valence-electron chi connectivity index (χ1n) is 2.99. The van der Waals surface area contributed by atoms with E-state index in [9.17, 15) is 0 Å². The Kier molecular flexibility index (Phi) is 1.51. The molecule has 0 unspecified atom stereocenters. The van der Waals surface area contributed by atoms with Gasteiger partial charge in [-0.3, -0.25) is 0 Å². The molecule has 1 radical (unpaired) electrons. The van der Waals surface area contributed by atoms with Crippen molar-refractivity contribution in [3.05, 3.63) is 12.2 Å². The Morgan fingerprint density at radius 2 is 2.22 bits per heavy atom. The van der Waals surface area contributed by atoms with Gasteiger partial charge in [0.05, 0.1) is 0 Å². The molecule has 0 atom stereocenters. The van der Waals surface area contributed by atoms with Crippen molar-refractivity contribution in [1.82, 2.24) is 14.8 Å². The van der Waals surface area contributed by atoms with E-state index < -0.39 is 0 Å². The molecule has 1 aromatic rings. The molecule has 3 heteroatoms. The fourth-order valence-corrected chi connectivity index (χ4v) is 0.762. The summed E-state index contributed by atoms with van der Waals surface area (Å²) in [6, 6.07) is 0. The van der Waals surface area contributed by atoms with Crippen molar-refractivity contribution >= 4 is 0 Å². The monoisotopic (exact) mass is 124 g/mol. The summed E-state index contributed by atoms with van der Waals surface area (Å²) in [5.41, 5.74) is 0. The maximum Gasteiger partial charge on any atom is 0.201 e. The summed E-state index contributed by atoms with van der Waals surface area (Å²) in [6.07, 6.45) is 2.71. The van der Waals surface area contributed by atoms with E-state index in [-0.39, 0.29) is 0 Å². The van der Waals surface area contributed by atoms with Gasteiger partial charge >= 0.3 is 0 Å². The van der Waals surface area contributed by atoms with Crippen LogP contribution in [0.2, 0.25) is 0 Å². The Hall–Kier alpha value is -0.860. The summed E-state index contributed by atoms with van der Waals surface area (Å²) in [5, 5.41) is 7.50. The summed E-state index contributed by atoms with van der Waals surface area (Å²) >= 11 is 0. The van der Waals surface area contributed by atoms with Gasteiger partial charge in [0.15, 0.2) is 0 Å². The molecule has 9 heavy (non-hydrogen) atoms. The summed E-state index contributed by atoms with van der Waals surface area (Å²) in [7, 11) is 1.90. The second kappa shape index (κ2) is 2.17. The van der Waals surface area contributed by atoms with Crippen LogP contribution in [-0.4, -0.2) is 14.8 Å². The number of aryl methyl sites for hydroxylation is 1. The van der Waals surface area contributed by atoms with Crippen LogP contribution < -0.4 is 0 Å². The molecular formula is C6H10N3. The first-order chi connectivity index (χ1) is 4.22. The van der Waals surface area contributed by atoms with Gasteiger partial charge in [0, 0.05) is 13.0 Å². The highest BCUT2D eigenvalue weighted by Crippen LogP contribution is 2.07. The highest BCUT2D eigenvalue weighted by atomic mass is 15.2. The summed E-state index contributed by atoms with van der Waals surface area (Å²) in [6.45, 7) is 4.16. The van der Waals surface area contributed by atoms with E-state index in [0.717, 1.165) is 5.82 Å². The molecule has 1 aromatic heterocycles. The fraction of sp³-hybridized carbons (Fsp3) is 0.667. The Bertz CT molecular complexity index is 190. The van der Waals surface area contributed by atoms with E-state index >= 15 is 0 Å². The molecule has 0 aromatic carbocycles. The molecule has 0 aliphatic rings. The lowest BCUT2D eigenvalue weighted by Crippen LogP contribution is -1.98. The van der Waals surface area contributed by atoms with Gasteiger partial charge in [0.25, 0.3) is 0 Å². The number of hydrogen-bond acceptors (Lipinski definition) is 2. The first-order valence-corrected chi connectivity index (χ1v) is 2.99. The number of aromatic nitrogens is 3. The molecule has 1 heterocycles. The van der Waals surface area contributed by atoms with Gasteiger partial charge in [0.1, 0.15) is 5.82 Å². The highest BCUT2D eigenvalue weighted by molar-refractivity contribution is 4.89. The lowest BCUT2D eigenvalue weighted by molar-refractivity contribution is 0.707. The molecule has 0 bridgehead atoms. The smallest absolute Gasteiger partial charge is 0.201 e. The van der Waals surface area contributed by atoms with Gasteiger partial charge in [-0.15, -0.1) is 10.2 Å². The maximum atomic E-state index is 3.87. The van der Waals surface area contributed by atoms with E-state index in [1.54, 1.807) is 0 Å². The molecule has 0 amide bonds. The highest BCUT2D eigenvalue weighted by Gasteiger charge is 2.03. The molecule has 0 saturated carbocycles. The molecule has 0 aliphatic heterocycles. The van der Waals surface area contributed by atoms with Crippen molar-refractivity contribution in [2.45, 2.75) is 19.8 Å². The van der Waals surface area contributed by atoms with Crippen molar-refractivity contribution in [3.8, 4) is 0 Å². The standard InChI is InChI=1S/C6H10N3/c1-5(2)6-8-7-4-9(6)3/h5H,1-3H3. The average Bonchev–Trinajstić information content (AvgIpc) is 2.13. The maximum absolute atomic E-state index is 3.87. The lowest BCUT2D eigenvalue weighted by Gasteiger charge is -2.00. The van der Waals surface area contributed by atoms with Gasteiger partial charge in [-0.25, -0.2) is 0 Å². The van der Waals surface area contributed by atoms with Crippen molar-refractivity contribution < 1.29 is 0 Å². The van der Waals surface area contributed by atoms with Crippen LogP contribution in [0.5, 0.6) is 0 Å². The molecule has 0 spiro atoms. The van der Waals surface area contributed by atoms with Gasteiger partial charge in [-0.05, 0) is 0 Å². The minimum atomic E-state index is 0.439. The first kappa shape index (κ1) is 6.26. The van der Waals surface area contributed by atoms with Crippen LogP contribution in [0.3, 0.4) is 0 Å². The molecule has 0 N–H and O–H groups in total. The van der Waals surface area contributed by atoms with E-state index in [2.05, 4.69) is 30.4 Å². The molecule has 0 saturated heterocycles. The molecule has 1 rings (SSSR count). The zero-order valence-corrected chi connectivity index (χ0v) is 5.92. The number of hydrogen-bond donors (Lipinski definition) is 0. The molecule has 49 valence electrons. The Morgan fingerprint density at radius 1 is 1.56 bits per heavy atom. The van der Waals surface area contributed by atoms with Crippen LogP contribution in [0.1, 0.15) is 25.6 Å². The zero-order valence-electron chi connectivity index (χ0n) is 5.92. The van der Waals surface area contributed by atoms with E-state index in [0.29, 0.717) is 5.92 Å². The van der Waals surface area contributed by atoms with E-state index in [1.165, 1.54) is 0 Å². The van der Waals surface area contributed by atoms with Gasteiger partial charge < -0.3 is 4.57 Å². The summed E-state index contributed by atoms with van der Waals surface area (Å²) < 4.78 is 1.81. The van der Waals surface area contributed by atoms with Crippen LogP contribution >= 0.6 is 0 Å². The van der Waals surface area contributed by atoms with E-state index in [1.807, 2.05) is 11.6 Å². The van der Waals surface area contributed by atoms with Crippen LogP contribution in [0, 0.1) is 6.33 Å². The Morgan fingerprint density at radius 3 is 2.44 bits per heavy atom. The summed E-state index contributed by atoms with van der Waals surface area (Å²) in [5.74, 6) is 1.42. The van der Waals surface area contributed by atoms with Crippen molar-refractivity contribution in [2.24, 2.45) is 7.05 Å². The van der Waals surface area contributed by atoms with Crippen LogP contribution in [-0.2, 0) is 7.05 Å². The van der Waals surface area contributed by atoms with Crippen LogP contribution in [0.15, 0.2) is 0 Å². The van der Waals surface area contributed by atoms with Crippen molar-refractivity contribution in [3.63, 3.8) is 0 Å². The molecule has 0 aliphatic carbocycles. The second-order valence-electron chi connectivity index (χ2n) is 2.37. The third-order valence-corrected chi connectivity index (χ3v) is 1.21. The van der Waals surface area contributed by atoms with Crippen LogP contribution in [0.4, 0.5) is 0 Å². The third-order valence-electron chi connectivity index (χ3n) is 1.21. The van der Waals surface area contributed by atoms with Crippen molar-refractivity contribution in [2.75, 3.05) is 0 Å². The van der Waals surface area contributed by atoms with Crippen LogP contribution in [0.25, 0.3) is 0 Å². The topological polar surface area (TPSA) is 30.7 Å². The predicted molar refractivity (Wildman–Crippen MR) is 33.9 cm³/mol. The van der Waals surface area contributed by atoms with Gasteiger partial charge in [0.2, 0.25) is 6.33 Å². The summed E-state index contributed by atoms with van der Waals surface area (Å²) in [4.78, 5) is 0. The van der Waals surface area contributed by atoms with Gasteiger partial charge in [-0.2, -0.15) is 0 Å². The minimum Gasteiger partial charge on any atom is -0.311 e. The Labute approximate surface area is 54.7 Å². The second-order valence-corrected chi connectivity index (χ2v) is 2.37. The SMILES string of the molecule is CC(C)c1nn[c]n1C. The average molecular weight is 124 g/mol.